The van der Waals surface area contributed by atoms with Gasteiger partial charge in [0.25, 0.3) is 0 Å². The monoisotopic (exact) mass is 200 g/mol. The highest BCUT2D eigenvalue weighted by atomic mass is 16.7. The quantitative estimate of drug-likeness (QED) is 0.684. The molecule has 82 valence electrons. The van der Waals surface area contributed by atoms with E-state index in [9.17, 15) is 0 Å². The number of hydrogen-bond donors (Lipinski definition) is 2. The molecule has 2 fully saturated rings. The molecular formula is C10H20N2O2. The van der Waals surface area contributed by atoms with Gasteiger partial charge in [-0.3, -0.25) is 0 Å². The van der Waals surface area contributed by atoms with Crippen molar-refractivity contribution >= 4 is 0 Å². The molecule has 1 heterocycles. The summed E-state index contributed by atoms with van der Waals surface area (Å²) in [6.07, 6.45) is 4.32. The van der Waals surface area contributed by atoms with E-state index in [2.05, 4.69) is 5.32 Å². The molecule has 0 aromatic carbocycles. The molecule has 0 radical (unpaired) electrons. The molecule has 0 aromatic rings. The molecule has 0 unspecified atom stereocenters. The van der Waals surface area contributed by atoms with Gasteiger partial charge >= 0.3 is 0 Å². The molecule has 4 nitrogen and oxygen atoms in total. The summed E-state index contributed by atoms with van der Waals surface area (Å²) in [5, 5.41) is 3.44. The molecule has 0 bridgehead atoms. The third-order valence-electron chi connectivity index (χ3n) is 3.14. The molecule has 14 heavy (non-hydrogen) atoms. The first-order chi connectivity index (χ1) is 6.85. The molecule has 3 N–H and O–H groups in total. The van der Waals surface area contributed by atoms with Gasteiger partial charge in [0, 0.05) is 32.0 Å². The van der Waals surface area contributed by atoms with Crippen LogP contribution in [0.2, 0.25) is 0 Å². The molecule has 2 rings (SSSR count). The van der Waals surface area contributed by atoms with E-state index in [1.807, 2.05) is 0 Å². The summed E-state index contributed by atoms with van der Waals surface area (Å²) >= 11 is 0. The Morgan fingerprint density at radius 1 is 1.21 bits per heavy atom. The van der Waals surface area contributed by atoms with E-state index in [1.54, 1.807) is 0 Å². The first-order valence-corrected chi connectivity index (χ1v) is 5.56. The Morgan fingerprint density at radius 2 is 1.86 bits per heavy atom. The molecule has 1 aliphatic heterocycles. The highest BCUT2D eigenvalue weighted by molar-refractivity contribution is 4.85. The van der Waals surface area contributed by atoms with E-state index in [0.717, 1.165) is 45.4 Å². The van der Waals surface area contributed by atoms with Crippen LogP contribution in [0.4, 0.5) is 0 Å². The lowest BCUT2D eigenvalue weighted by molar-refractivity contribution is -0.179. The van der Waals surface area contributed by atoms with Crippen LogP contribution in [-0.2, 0) is 9.47 Å². The van der Waals surface area contributed by atoms with Crippen molar-refractivity contribution in [2.24, 2.45) is 5.73 Å². The predicted octanol–water partition coefficient (Wildman–Crippen LogP) is 0.220. The van der Waals surface area contributed by atoms with E-state index in [-0.39, 0.29) is 5.79 Å². The fourth-order valence-electron chi connectivity index (χ4n) is 2.33. The Kier molecular flexibility index (Phi) is 3.38. The van der Waals surface area contributed by atoms with Gasteiger partial charge in [0.2, 0.25) is 0 Å². The van der Waals surface area contributed by atoms with Crippen LogP contribution in [0.5, 0.6) is 0 Å². The largest absolute Gasteiger partial charge is 0.348 e. The predicted molar refractivity (Wildman–Crippen MR) is 53.9 cm³/mol. The normalized spacial score (nSPS) is 27.2. The Hall–Kier alpha value is -0.160. The van der Waals surface area contributed by atoms with Crippen LogP contribution in [0.3, 0.4) is 0 Å². The average molecular weight is 200 g/mol. The molecule has 1 saturated heterocycles. The summed E-state index contributed by atoms with van der Waals surface area (Å²) in [5.74, 6) is -0.221. The van der Waals surface area contributed by atoms with Gasteiger partial charge in [-0.2, -0.15) is 0 Å². The van der Waals surface area contributed by atoms with Gasteiger partial charge in [-0.05, 0) is 12.8 Å². The van der Waals surface area contributed by atoms with Gasteiger partial charge in [-0.25, -0.2) is 0 Å². The van der Waals surface area contributed by atoms with Crippen LogP contribution >= 0.6 is 0 Å². The summed E-state index contributed by atoms with van der Waals surface area (Å²) in [5.41, 5.74) is 5.45. The first kappa shape index (κ1) is 10.4. The van der Waals surface area contributed by atoms with E-state index in [1.165, 1.54) is 0 Å². The number of hydrogen-bond acceptors (Lipinski definition) is 4. The molecular weight excluding hydrogens is 180 g/mol. The van der Waals surface area contributed by atoms with Gasteiger partial charge in [0.05, 0.1) is 13.2 Å². The number of nitrogens with one attached hydrogen (secondary N) is 1. The van der Waals surface area contributed by atoms with E-state index < -0.39 is 0 Å². The van der Waals surface area contributed by atoms with Gasteiger partial charge in [0.15, 0.2) is 5.79 Å². The number of ether oxygens (including phenoxy) is 2. The highest BCUT2D eigenvalue weighted by Crippen LogP contribution is 2.35. The summed E-state index contributed by atoms with van der Waals surface area (Å²) in [7, 11) is 0. The smallest absolute Gasteiger partial charge is 0.168 e. The summed E-state index contributed by atoms with van der Waals surface area (Å²) in [4.78, 5) is 0. The van der Waals surface area contributed by atoms with Crippen LogP contribution in [-0.4, -0.2) is 38.1 Å². The van der Waals surface area contributed by atoms with Crippen molar-refractivity contribution in [3.63, 3.8) is 0 Å². The van der Waals surface area contributed by atoms with Crippen LogP contribution in [0, 0.1) is 0 Å². The second-order valence-electron chi connectivity index (χ2n) is 4.12. The Bertz CT molecular complexity index is 171. The molecule has 1 spiro atoms. The lowest BCUT2D eigenvalue weighted by Crippen LogP contribution is -2.43. The molecule has 4 heteroatoms. The van der Waals surface area contributed by atoms with Gasteiger partial charge < -0.3 is 20.5 Å². The van der Waals surface area contributed by atoms with Crippen molar-refractivity contribution in [1.29, 1.82) is 0 Å². The summed E-state index contributed by atoms with van der Waals surface area (Å²) in [6.45, 7) is 3.16. The average Bonchev–Trinajstić information content (AvgIpc) is 2.66. The molecule has 2 aliphatic rings. The first-order valence-electron chi connectivity index (χ1n) is 5.56. The fourth-order valence-corrected chi connectivity index (χ4v) is 2.33. The highest BCUT2D eigenvalue weighted by Gasteiger charge is 2.39. The maximum absolute atomic E-state index is 5.66. The maximum Gasteiger partial charge on any atom is 0.168 e. The minimum absolute atomic E-state index is 0.221. The Labute approximate surface area is 85.1 Å². The van der Waals surface area contributed by atoms with Crippen molar-refractivity contribution in [2.45, 2.75) is 37.5 Å². The molecule has 0 amide bonds. The zero-order chi connectivity index (χ0) is 9.86. The SMILES string of the molecule is NCCNC1CCC2(CC1)OCCO2. The van der Waals surface area contributed by atoms with Crippen molar-refractivity contribution in [1.82, 2.24) is 5.32 Å². The number of nitrogens with two attached hydrogens (primary N) is 1. The molecule has 0 aromatic heterocycles. The zero-order valence-electron chi connectivity index (χ0n) is 8.63. The van der Waals surface area contributed by atoms with Crippen LogP contribution in [0.1, 0.15) is 25.7 Å². The van der Waals surface area contributed by atoms with Crippen LogP contribution in [0.25, 0.3) is 0 Å². The zero-order valence-corrected chi connectivity index (χ0v) is 8.63. The van der Waals surface area contributed by atoms with Crippen molar-refractivity contribution in [3.8, 4) is 0 Å². The Morgan fingerprint density at radius 3 is 2.43 bits per heavy atom. The lowest BCUT2D eigenvalue weighted by atomic mass is 9.90. The van der Waals surface area contributed by atoms with Crippen molar-refractivity contribution in [2.75, 3.05) is 26.3 Å². The summed E-state index contributed by atoms with van der Waals surface area (Å²) < 4.78 is 11.3. The fraction of sp³-hybridized carbons (Fsp3) is 1.00. The minimum atomic E-state index is -0.221. The van der Waals surface area contributed by atoms with Gasteiger partial charge in [-0.1, -0.05) is 0 Å². The van der Waals surface area contributed by atoms with Crippen molar-refractivity contribution in [3.05, 3.63) is 0 Å². The van der Waals surface area contributed by atoms with E-state index in [0.29, 0.717) is 12.6 Å². The molecule has 0 atom stereocenters. The topological polar surface area (TPSA) is 56.5 Å². The standard InChI is InChI=1S/C10H20N2O2/c11-5-6-12-9-1-3-10(4-2-9)13-7-8-14-10/h9,12H,1-8,11H2. The van der Waals surface area contributed by atoms with Crippen LogP contribution < -0.4 is 11.1 Å². The van der Waals surface area contributed by atoms with E-state index >= 15 is 0 Å². The van der Waals surface area contributed by atoms with Crippen LogP contribution in [0.15, 0.2) is 0 Å². The summed E-state index contributed by atoms with van der Waals surface area (Å²) in [6, 6.07) is 0.608. The van der Waals surface area contributed by atoms with Crippen molar-refractivity contribution < 1.29 is 9.47 Å². The third kappa shape index (κ3) is 2.25. The Balaban J connectivity index is 1.74. The van der Waals surface area contributed by atoms with Gasteiger partial charge in [0.1, 0.15) is 0 Å². The van der Waals surface area contributed by atoms with E-state index in [4.69, 9.17) is 15.2 Å². The lowest BCUT2D eigenvalue weighted by Gasteiger charge is -2.35. The van der Waals surface area contributed by atoms with Gasteiger partial charge in [-0.15, -0.1) is 0 Å². The second-order valence-corrected chi connectivity index (χ2v) is 4.12. The minimum Gasteiger partial charge on any atom is -0.348 e. The second kappa shape index (κ2) is 4.57. The molecule has 1 saturated carbocycles. The number of rotatable bonds is 3. The third-order valence-corrected chi connectivity index (χ3v) is 3.14. The molecule has 1 aliphatic carbocycles. The maximum atomic E-state index is 5.66.